The minimum atomic E-state index is 0.781. The minimum Gasteiger partial charge on any atom is -0.461 e. The van der Waals surface area contributed by atoms with Crippen molar-refractivity contribution in [2.24, 2.45) is 0 Å². The summed E-state index contributed by atoms with van der Waals surface area (Å²) in [5.41, 5.74) is 4.23. The summed E-state index contributed by atoms with van der Waals surface area (Å²) in [6, 6.07) is 6.02. The quantitative estimate of drug-likeness (QED) is 0.730. The van der Waals surface area contributed by atoms with Gasteiger partial charge in [0.2, 0.25) is 0 Å². The van der Waals surface area contributed by atoms with E-state index < -0.39 is 0 Å². The molecule has 0 saturated carbocycles. The molecule has 3 rings (SSSR count). The molecule has 0 aliphatic rings. The van der Waals surface area contributed by atoms with E-state index in [0.29, 0.717) is 0 Å². The van der Waals surface area contributed by atoms with Gasteiger partial charge in [-0.3, -0.25) is 0 Å². The van der Waals surface area contributed by atoms with Gasteiger partial charge in [0, 0.05) is 4.47 Å². The fourth-order valence-electron chi connectivity index (χ4n) is 1.97. The van der Waals surface area contributed by atoms with Gasteiger partial charge in [-0.2, -0.15) is 0 Å². The zero-order chi connectivity index (χ0) is 12.0. The number of aryl methyl sites for hydroxylation is 2. The van der Waals surface area contributed by atoms with Crippen LogP contribution in [0.3, 0.4) is 0 Å². The number of nitrogens with one attached hydrogen (secondary N) is 1. The van der Waals surface area contributed by atoms with Crippen LogP contribution in [-0.4, -0.2) is 9.97 Å². The first-order chi connectivity index (χ1) is 8.15. The third-order valence-electron chi connectivity index (χ3n) is 2.82. The van der Waals surface area contributed by atoms with E-state index in [1.54, 1.807) is 6.26 Å². The summed E-state index contributed by atoms with van der Waals surface area (Å²) in [7, 11) is 0. The molecular weight excluding hydrogens is 280 g/mol. The summed E-state index contributed by atoms with van der Waals surface area (Å²) in [5, 5.41) is 0. The Balaban J connectivity index is 2.27. The monoisotopic (exact) mass is 290 g/mol. The Bertz CT molecular complexity index is 697. The van der Waals surface area contributed by atoms with E-state index in [1.807, 2.05) is 26.0 Å². The lowest BCUT2D eigenvalue weighted by atomic mass is 10.2. The predicted molar refractivity (Wildman–Crippen MR) is 71.0 cm³/mol. The fraction of sp³-hybridized carbons (Fsp3) is 0.154. The van der Waals surface area contributed by atoms with Crippen LogP contribution in [-0.2, 0) is 0 Å². The van der Waals surface area contributed by atoms with E-state index in [2.05, 4.69) is 32.0 Å². The van der Waals surface area contributed by atoms with Gasteiger partial charge in [-0.25, -0.2) is 4.98 Å². The van der Waals surface area contributed by atoms with E-state index in [1.165, 1.54) is 0 Å². The van der Waals surface area contributed by atoms with Crippen LogP contribution in [0.15, 0.2) is 33.4 Å². The van der Waals surface area contributed by atoms with Crippen molar-refractivity contribution < 1.29 is 4.42 Å². The zero-order valence-electron chi connectivity index (χ0n) is 9.54. The summed E-state index contributed by atoms with van der Waals surface area (Å²) in [5.74, 6) is 1.58. The lowest BCUT2D eigenvalue weighted by molar-refractivity contribution is 0.577. The van der Waals surface area contributed by atoms with Gasteiger partial charge in [0.15, 0.2) is 11.6 Å². The fourth-order valence-corrected chi connectivity index (χ4v) is 2.54. The second kappa shape index (κ2) is 3.74. The topological polar surface area (TPSA) is 41.8 Å². The maximum absolute atomic E-state index is 5.44. The van der Waals surface area contributed by atoms with Gasteiger partial charge in [0.1, 0.15) is 0 Å². The normalized spacial score (nSPS) is 11.2. The highest BCUT2D eigenvalue weighted by Gasteiger charge is 2.12. The van der Waals surface area contributed by atoms with Crippen LogP contribution in [0.1, 0.15) is 11.1 Å². The van der Waals surface area contributed by atoms with Gasteiger partial charge < -0.3 is 9.40 Å². The minimum absolute atomic E-state index is 0.781. The van der Waals surface area contributed by atoms with Gasteiger partial charge in [-0.1, -0.05) is 15.9 Å². The molecule has 0 spiro atoms. The predicted octanol–water partition coefficient (Wildman–Crippen LogP) is 4.20. The molecule has 0 saturated heterocycles. The van der Waals surface area contributed by atoms with E-state index in [-0.39, 0.29) is 0 Å². The van der Waals surface area contributed by atoms with Crippen molar-refractivity contribution in [1.29, 1.82) is 0 Å². The summed E-state index contributed by atoms with van der Waals surface area (Å²) in [6.45, 7) is 4.06. The highest BCUT2D eigenvalue weighted by atomic mass is 79.9. The number of nitrogens with zero attached hydrogens (tertiary/aromatic N) is 1. The highest BCUT2D eigenvalue weighted by molar-refractivity contribution is 9.10. The second-order valence-electron chi connectivity index (χ2n) is 4.14. The number of benzene rings is 1. The Hall–Kier alpha value is -1.55. The Morgan fingerprint density at radius 3 is 2.76 bits per heavy atom. The van der Waals surface area contributed by atoms with Gasteiger partial charge in [-0.05, 0) is 43.2 Å². The number of halogens is 1. The smallest absolute Gasteiger partial charge is 0.174 e. The number of fused-ring (bicyclic) bond motifs is 1. The number of imidazole rings is 1. The highest BCUT2D eigenvalue weighted by Crippen LogP contribution is 2.27. The molecule has 4 heteroatoms. The lowest BCUT2D eigenvalue weighted by Gasteiger charge is -1.94. The molecule has 1 N–H and O–H groups in total. The number of furan rings is 1. The molecule has 0 aliphatic heterocycles. The van der Waals surface area contributed by atoms with Gasteiger partial charge in [0.25, 0.3) is 0 Å². The van der Waals surface area contributed by atoms with Crippen molar-refractivity contribution in [1.82, 2.24) is 9.97 Å². The molecular formula is C13H11BrN2O. The second-order valence-corrected chi connectivity index (χ2v) is 5.05. The molecule has 0 bridgehead atoms. The van der Waals surface area contributed by atoms with Gasteiger partial charge >= 0.3 is 0 Å². The average molecular weight is 291 g/mol. The zero-order valence-corrected chi connectivity index (χ0v) is 11.1. The van der Waals surface area contributed by atoms with Crippen molar-refractivity contribution >= 4 is 27.0 Å². The molecule has 0 radical (unpaired) electrons. The van der Waals surface area contributed by atoms with Gasteiger partial charge in [0.05, 0.1) is 17.3 Å². The standard InChI is InChI=1S/C13H11BrN2O/c1-7-3-4-17-12(7)13-15-10-6-9(14)5-8(2)11(10)16-13/h3-6H,1-2H3,(H,15,16). The average Bonchev–Trinajstić information content (AvgIpc) is 2.83. The van der Waals surface area contributed by atoms with E-state index in [0.717, 1.165) is 38.2 Å². The third-order valence-corrected chi connectivity index (χ3v) is 3.28. The van der Waals surface area contributed by atoms with Crippen molar-refractivity contribution in [3.63, 3.8) is 0 Å². The summed E-state index contributed by atoms with van der Waals surface area (Å²) in [6.07, 6.45) is 1.68. The Morgan fingerprint density at radius 2 is 2.06 bits per heavy atom. The van der Waals surface area contributed by atoms with Crippen LogP contribution >= 0.6 is 15.9 Å². The molecule has 0 atom stereocenters. The number of hydrogen-bond donors (Lipinski definition) is 1. The lowest BCUT2D eigenvalue weighted by Crippen LogP contribution is -1.79. The molecule has 3 aromatic rings. The summed E-state index contributed by atoms with van der Waals surface area (Å²) < 4.78 is 6.49. The largest absolute Gasteiger partial charge is 0.461 e. The third kappa shape index (κ3) is 1.69. The van der Waals surface area contributed by atoms with Crippen LogP contribution in [0.4, 0.5) is 0 Å². The molecule has 2 aromatic heterocycles. The molecule has 3 nitrogen and oxygen atoms in total. The van der Waals surface area contributed by atoms with Crippen LogP contribution < -0.4 is 0 Å². The van der Waals surface area contributed by atoms with Gasteiger partial charge in [-0.15, -0.1) is 0 Å². The van der Waals surface area contributed by atoms with Crippen LogP contribution in [0.5, 0.6) is 0 Å². The van der Waals surface area contributed by atoms with Crippen LogP contribution in [0.2, 0.25) is 0 Å². The van der Waals surface area contributed by atoms with E-state index >= 15 is 0 Å². The number of H-pyrrole nitrogens is 1. The number of aromatic nitrogens is 2. The Kier molecular flexibility index (Phi) is 2.33. The molecule has 0 fully saturated rings. The molecule has 0 amide bonds. The molecule has 2 heterocycles. The van der Waals surface area contributed by atoms with E-state index in [9.17, 15) is 0 Å². The molecule has 0 aliphatic carbocycles. The Morgan fingerprint density at radius 1 is 1.24 bits per heavy atom. The molecule has 1 aromatic carbocycles. The molecule has 17 heavy (non-hydrogen) atoms. The summed E-state index contributed by atoms with van der Waals surface area (Å²) in [4.78, 5) is 7.87. The van der Waals surface area contributed by atoms with Crippen molar-refractivity contribution in [2.45, 2.75) is 13.8 Å². The van der Waals surface area contributed by atoms with Crippen molar-refractivity contribution in [3.8, 4) is 11.6 Å². The first-order valence-electron chi connectivity index (χ1n) is 5.35. The Labute approximate surface area is 107 Å². The van der Waals surface area contributed by atoms with Crippen LogP contribution in [0.25, 0.3) is 22.6 Å². The maximum atomic E-state index is 5.44. The number of hydrogen-bond acceptors (Lipinski definition) is 2. The first kappa shape index (κ1) is 10.6. The summed E-state index contributed by atoms with van der Waals surface area (Å²) >= 11 is 3.48. The number of aromatic amines is 1. The first-order valence-corrected chi connectivity index (χ1v) is 6.15. The van der Waals surface area contributed by atoms with Crippen LogP contribution in [0, 0.1) is 13.8 Å². The molecule has 0 unspecified atom stereocenters. The van der Waals surface area contributed by atoms with Crippen molar-refractivity contribution in [2.75, 3.05) is 0 Å². The SMILES string of the molecule is Cc1ccoc1-c1nc2c(C)cc(Br)cc2[nH]1. The number of rotatable bonds is 1. The van der Waals surface area contributed by atoms with Crippen molar-refractivity contribution in [3.05, 3.63) is 40.1 Å². The molecule has 86 valence electrons. The maximum Gasteiger partial charge on any atom is 0.174 e. The van der Waals surface area contributed by atoms with E-state index in [4.69, 9.17) is 4.42 Å².